The van der Waals surface area contributed by atoms with Crippen molar-refractivity contribution in [3.05, 3.63) is 186 Å². The summed E-state index contributed by atoms with van der Waals surface area (Å²) in [5.74, 6) is 2.57. The van der Waals surface area contributed by atoms with E-state index in [1.165, 1.54) is 22.2 Å². The third kappa shape index (κ3) is 7.96. The highest BCUT2D eigenvalue weighted by Gasteiger charge is 2.18. The fraction of sp³-hybridized carbons (Fsp3) is 0.136. The Hall–Kier alpha value is -5.94. The molecule has 49 heavy (non-hydrogen) atoms. The predicted octanol–water partition coefficient (Wildman–Crippen LogP) is 10.1. The lowest BCUT2D eigenvalue weighted by molar-refractivity contribution is 0.284. The zero-order valence-corrected chi connectivity index (χ0v) is 27.7. The first-order valence-corrected chi connectivity index (χ1v) is 16.8. The molecule has 1 aromatic heterocycles. The molecule has 0 amide bonds. The SMILES string of the molecule is Cc1c(-c2ccc(OCc3ccccc3)cc2)n(Cc2ccc(OCCN3C=CC=CC=C3)cc2)c2ccc(OCc3ccccc3)cc12. The Morgan fingerprint density at radius 1 is 0.531 bits per heavy atom. The van der Waals surface area contributed by atoms with E-state index < -0.39 is 0 Å². The van der Waals surface area contributed by atoms with Gasteiger partial charge >= 0.3 is 0 Å². The Kier molecular flexibility index (Phi) is 9.89. The number of aryl methyl sites for hydroxylation is 1. The fourth-order valence-electron chi connectivity index (χ4n) is 6.11. The van der Waals surface area contributed by atoms with Crippen molar-refractivity contribution in [1.29, 1.82) is 0 Å². The molecular formula is C44H40N2O3. The van der Waals surface area contributed by atoms with Crippen molar-refractivity contribution in [2.45, 2.75) is 26.7 Å². The van der Waals surface area contributed by atoms with Crippen LogP contribution in [-0.4, -0.2) is 22.6 Å². The molecular weight excluding hydrogens is 604 g/mol. The average molecular weight is 645 g/mol. The van der Waals surface area contributed by atoms with E-state index >= 15 is 0 Å². The van der Waals surface area contributed by atoms with Gasteiger partial charge in [-0.25, -0.2) is 0 Å². The molecule has 5 heteroatoms. The van der Waals surface area contributed by atoms with E-state index in [-0.39, 0.29) is 0 Å². The van der Waals surface area contributed by atoms with Crippen molar-refractivity contribution in [1.82, 2.24) is 9.47 Å². The van der Waals surface area contributed by atoms with Gasteiger partial charge < -0.3 is 23.7 Å². The number of fused-ring (bicyclic) bond motifs is 1. The fourth-order valence-corrected chi connectivity index (χ4v) is 6.11. The first-order valence-electron chi connectivity index (χ1n) is 16.8. The number of nitrogens with zero attached hydrogens (tertiary/aromatic N) is 2. The Morgan fingerprint density at radius 3 is 1.76 bits per heavy atom. The standard InChI is InChI=1S/C44H40N2O3/c1-34-42-30-41(49-33-37-14-8-5-9-15-37)24-25-43(42)46(44(34)38-18-22-40(23-19-38)48-32-36-12-6-4-7-13-36)31-35-16-20-39(21-17-35)47-29-28-45-26-10-2-3-11-27-45/h2-27,30H,28-29,31-33H2,1H3. The largest absolute Gasteiger partial charge is 0.492 e. The quantitative estimate of drug-likeness (QED) is 0.125. The van der Waals surface area contributed by atoms with Gasteiger partial charge in [-0.3, -0.25) is 0 Å². The minimum atomic E-state index is 0.528. The number of rotatable bonds is 13. The van der Waals surface area contributed by atoms with Crippen LogP contribution in [0.5, 0.6) is 17.2 Å². The van der Waals surface area contributed by atoms with Crippen LogP contribution in [0.4, 0.5) is 0 Å². The van der Waals surface area contributed by atoms with Crippen LogP contribution in [0.2, 0.25) is 0 Å². The molecule has 0 radical (unpaired) electrons. The molecule has 0 bridgehead atoms. The third-order valence-corrected chi connectivity index (χ3v) is 8.68. The minimum Gasteiger partial charge on any atom is -0.492 e. The Labute approximate surface area is 288 Å². The summed E-state index contributed by atoms with van der Waals surface area (Å²) < 4.78 is 20.9. The summed E-state index contributed by atoms with van der Waals surface area (Å²) in [5, 5.41) is 1.18. The summed E-state index contributed by atoms with van der Waals surface area (Å²) in [7, 11) is 0. The molecule has 2 heterocycles. The maximum absolute atomic E-state index is 6.24. The van der Waals surface area contributed by atoms with Gasteiger partial charge in [-0.1, -0.05) is 84.9 Å². The van der Waals surface area contributed by atoms with E-state index in [0.29, 0.717) is 26.4 Å². The number of hydrogen-bond donors (Lipinski definition) is 0. The van der Waals surface area contributed by atoms with Gasteiger partial charge in [-0.15, -0.1) is 0 Å². The summed E-state index contributed by atoms with van der Waals surface area (Å²) >= 11 is 0. The normalized spacial score (nSPS) is 12.3. The maximum atomic E-state index is 6.24. The zero-order valence-electron chi connectivity index (χ0n) is 27.7. The molecule has 0 atom stereocenters. The zero-order chi connectivity index (χ0) is 33.3. The highest BCUT2D eigenvalue weighted by molar-refractivity contribution is 5.92. The van der Waals surface area contributed by atoms with Gasteiger partial charge in [0.15, 0.2) is 0 Å². The molecule has 6 aromatic rings. The van der Waals surface area contributed by atoms with E-state index in [2.05, 4.69) is 120 Å². The lowest BCUT2D eigenvalue weighted by Gasteiger charge is -2.16. The van der Waals surface area contributed by atoms with Crippen LogP contribution in [-0.2, 0) is 19.8 Å². The molecule has 1 aliphatic heterocycles. The van der Waals surface area contributed by atoms with Crippen LogP contribution in [0, 0.1) is 6.92 Å². The first kappa shape index (κ1) is 31.6. The highest BCUT2D eigenvalue weighted by atomic mass is 16.5. The summed E-state index contributed by atoms with van der Waals surface area (Å²) in [6.07, 6.45) is 12.2. The maximum Gasteiger partial charge on any atom is 0.120 e. The monoisotopic (exact) mass is 644 g/mol. The molecule has 0 fully saturated rings. The van der Waals surface area contributed by atoms with Gasteiger partial charge in [-0.05, 0) is 101 Å². The summed E-state index contributed by atoms with van der Waals surface area (Å²) in [6.45, 7) is 5.36. The highest BCUT2D eigenvalue weighted by Crippen LogP contribution is 2.37. The number of ether oxygens (including phenoxy) is 3. The van der Waals surface area contributed by atoms with E-state index in [1.807, 2.05) is 60.7 Å². The topological polar surface area (TPSA) is 35.9 Å². The van der Waals surface area contributed by atoms with Gasteiger partial charge in [-0.2, -0.15) is 0 Å². The van der Waals surface area contributed by atoms with Gasteiger partial charge in [0.1, 0.15) is 37.1 Å². The summed E-state index contributed by atoms with van der Waals surface area (Å²) in [6, 6.07) is 43.9. The lowest BCUT2D eigenvalue weighted by atomic mass is 10.1. The van der Waals surface area contributed by atoms with Gasteiger partial charge in [0.05, 0.1) is 12.2 Å². The van der Waals surface area contributed by atoms with Gasteiger partial charge in [0, 0.05) is 29.8 Å². The molecule has 0 spiro atoms. The van der Waals surface area contributed by atoms with Crippen molar-refractivity contribution in [3.63, 3.8) is 0 Å². The average Bonchev–Trinajstić information content (AvgIpc) is 3.28. The van der Waals surface area contributed by atoms with Crippen LogP contribution >= 0.6 is 0 Å². The molecule has 0 saturated carbocycles. The molecule has 0 N–H and O–H groups in total. The van der Waals surface area contributed by atoms with Crippen LogP contribution in [0.3, 0.4) is 0 Å². The van der Waals surface area contributed by atoms with Crippen LogP contribution in [0.15, 0.2) is 164 Å². The van der Waals surface area contributed by atoms with Crippen LogP contribution in [0.1, 0.15) is 22.3 Å². The van der Waals surface area contributed by atoms with Gasteiger partial charge in [0.2, 0.25) is 0 Å². The molecule has 0 saturated heterocycles. The molecule has 244 valence electrons. The van der Waals surface area contributed by atoms with Crippen LogP contribution in [0.25, 0.3) is 22.2 Å². The number of hydrogen-bond acceptors (Lipinski definition) is 4. The predicted molar refractivity (Wildman–Crippen MR) is 199 cm³/mol. The van der Waals surface area contributed by atoms with E-state index in [1.54, 1.807) is 0 Å². The van der Waals surface area contributed by atoms with Crippen molar-refractivity contribution in [2.75, 3.05) is 13.2 Å². The van der Waals surface area contributed by atoms with Crippen LogP contribution < -0.4 is 14.2 Å². The van der Waals surface area contributed by atoms with Crippen molar-refractivity contribution in [3.8, 4) is 28.5 Å². The number of aromatic nitrogens is 1. The van der Waals surface area contributed by atoms with Crippen molar-refractivity contribution >= 4 is 10.9 Å². The van der Waals surface area contributed by atoms with Crippen molar-refractivity contribution in [2.24, 2.45) is 0 Å². The Bertz CT molecular complexity index is 2040. The summed E-state index contributed by atoms with van der Waals surface area (Å²) in [5.41, 5.74) is 8.18. The summed E-state index contributed by atoms with van der Waals surface area (Å²) in [4.78, 5) is 2.12. The number of allylic oxidation sites excluding steroid dienone is 4. The Balaban J connectivity index is 1.13. The van der Waals surface area contributed by atoms with Crippen molar-refractivity contribution < 1.29 is 14.2 Å². The molecule has 0 unspecified atom stereocenters. The smallest absolute Gasteiger partial charge is 0.120 e. The third-order valence-electron chi connectivity index (χ3n) is 8.68. The van der Waals surface area contributed by atoms with E-state index in [9.17, 15) is 0 Å². The Morgan fingerprint density at radius 2 is 1.10 bits per heavy atom. The molecule has 7 rings (SSSR count). The molecule has 5 aromatic carbocycles. The number of benzene rings is 5. The second kappa shape index (κ2) is 15.3. The second-order valence-corrected chi connectivity index (χ2v) is 12.1. The van der Waals surface area contributed by atoms with E-state index in [4.69, 9.17) is 14.2 Å². The van der Waals surface area contributed by atoms with Gasteiger partial charge in [0.25, 0.3) is 0 Å². The first-order chi connectivity index (χ1) is 24.2. The second-order valence-electron chi connectivity index (χ2n) is 12.1. The minimum absolute atomic E-state index is 0.528. The molecule has 5 nitrogen and oxygen atoms in total. The molecule has 1 aliphatic rings. The van der Waals surface area contributed by atoms with E-state index in [0.717, 1.165) is 46.0 Å². The lowest BCUT2D eigenvalue weighted by Crippen LogP contribution is -2.17. The molecule has 0 aliphatic carbocycles.